The van der Waals surface area contributed by atoms with Crippen LogP contribution in [0.4, 0.5) is 0 Å². The summed E-state index contributed by atoms with van der Waals surface area (Å²) >= 11 is 0. The van der Waals surface area contributed by atoms with Crippen LogP contribution >= 0.6 is 0 Å². The van der Waals surface area contributed by atoms with E-state index in [2.05, 4.69) is 31.0 Å². The Kier molecular flexibility index (Phi) is 7.01. The molecular formula is C19H38N2. The molecule has 0 amide bonds. The van der Waals surface area contributed by atoms with Crippen LogP contribution < -0.4 is 5.32 Å². The Labute approximate surface area is 133 Å². The Morgan fingerprint density at radius 1 is 1.14 bits per heavy atom. The Hall–Kier alpha value is -0.0800. The molecule has 2 heteroatoms. The molecule has 1 N–H and O–H groups in total. The fourth-order valence-electron chi connectivity index (χ4n) is 4.36. The van der Waals surface area contributed by atoms with Gasteiger partial charge in [-0.05, 0) is 49.6 Å². The summed E-state index contributed by atoms with van der Waals surface area (Å²) in [4.78, 5) is 2.79. The quantitative estimate of drug-likeness (QED) is 0.704. The molecule has 2 rings (SSSR count). The van der Waals surface area contributed by atoms with Gasteiger partial charge < -0.3 is 10.2 Å². The van der Waals surface area contributed by atoms with Crippen LogP contribution in [0.2, 0.25) is 0 Å². The van der Waals surface area contributed by atoms with Gasteiger partial charge in [-0.25, -0.2) is 0 Å². The predicted molar refractivity (Wildman–Crippen MR) is 92.7 cm³/mol. The Morgan fingerprint density at radius 3 is 2.43 bits per heavy atom. The molecule has 1 saturated heterocycles. The lowest BCUT2D eigenvalue weighted by Gasteiger charge is -2.37. The van der Waals surface area contributed by atoms with Gasteiger partial charge in [-0.1, -0.05) is 52.9 Å². The Bertz CT molecular complexity index is 279. The fraction of sp³-hybridized carbons (Fsp3) is 1.00. The summed E-state index contributed by atoms with van der Waals surface area (Å²) < 4.78 is 0. The van der Waals surface area contributed by atoms with Crippen molar-refractivity contribution in [3.8, 4) is 0 Å². The molecule has 0 spiro atoms. The molecule has 21 heavy (non-hydrogen) atoms. The molecule has 0 aromatic rings. The molecule has 124 valence electrons. The third kappa shape index (κ3) is 5.56. The first-order chi connectivity index (χ1) is 10.1. The zero-order valence-electron chi connectivity index (χ0n) is 14.8. The minimum atomic E-state index is 0.564. The minimum absolute atomic E-state index is 0.564. The number of nitrogens with one attached hydrogen (secondary N) is 1. The molecule has 0 bridgehead atoms. The van der Waals surface area contributed by atoms with Gasteiger partial charge >= 0.3 is 0 Å². The zero-order valence-corrected chi connectivity index (χ0v) is 14.8. The van der Waals surface area contributed by atoms with E-state index in [0.717, 1.165) is 11.8 Å². The molecule has 0 aromatic carbocycles. The molecule has 2 fully saturated rings. The number of nitrogens with zero attached hydrogens (tertiary/aromatic N) is 1. The molecule has 1 unspecified atom stereocenters. The smallest absolute Gasteiger partial charge is 0.00503 e. The lowest BCUT2D eigenvalue weighted by atomic mass is 9.79. The standard InChI is InChI=1S/C19H38N2/c1-4-18-9-12-21(14-18)16-19(15-20-13-17(2)3)10-7-5-6-8-11-19/h17-18,20H,4-16H2,1-3H3. The van der Waals surface area contributed by atoms with Crippen molar-refractivity contribution in [3.05, 3.63) is 0 Å². The molecule has 0 radical (unpaired) electrons. The molecule has 0 aromatic heterocycles. The van der Waals surface area contributed by atoms with Gasteiger partial charge in [-0.2, -0.15) is 0 Å². The second-order valence-electron chi connectivity index (χ2n) is 8.24. The van der Waals surface area contributed by atoms with E-state index in [1.54, 1.807) is 0 Å². The van der Waals surface area contributed by atoms with Gasteiger partial charge in [-0.15, -0.1) is 0 Å². The summed E-state index contributed by atoms with van der Waals surface area (Å²) in [5, 5.41) is 3.80. The van der Waals surface area contributed by atoms with Crippen molar-refractivity contribution in [2.75, 3.05) is 32.7 Å². The van der Waals surface area contributed by atoms with E-state index in [9.17, 15) is 0 Å². The summed E-state index contributed by atoms with van der Waals surface area (Å²) in [6.07, 6.45) is 11.5. The van der Waals surface area contributed by atoms with E-state index in [1.807, 2.05) is 0 Å². The van der Waals surface area contributed by atoms with Crippen molar-refractivity contribution in [3.63, 3.8) is 0 Å². The molecule has 2 aliphatic rings. The van der Waals surface area contributed by atoms with Gasteiger partial charge in [0.15, 0.2) is 0 Å². The highest BCUT2D eigenvalue weighted by atomic mass is 15.2. The van der Waals surface area contributed by atoms with Gasteiger partial charge in [0.1, 0.15) is 0 Å². The van der Waals surface area contributed by atoms with Crippen LogP contribution in [0, 0.1) is 17.3 Å². The van der Waals surface area contributed by atoms with E-state index in [0.29, 0.717) is 5.41 Å². The van der Waals surface area contributed by atoms with Crippen molar-refractivity contribution in [2.45, 2.75) is 72.1 Å². The van der Waals surface area contributed by atoms with Gasteiger partial charge in [0, 0.05) is 19.6 Å². The van der Waals surface area contributed by atoms with E-state index in [4.69, 9.17) is 0 Å². The van der Waals surface area contributed by atoms with Crippen molar-refractivity contribution >= 4 is 0 Å². The molecular weight excluding hydrogens is 256 g/mol. The van der Waals surface area contributed by atoms with Crippen molar-refractivity contribution in [1.29, 1.82) is 0 Å². The molecule has 1 heterocycles. The third-order valence-corrected chi connectivity index (χ3v) is 5.72. The van der Waals surface area contributed by atoms with Crippen LogP contribution in [0.15, 0.2) is 0 Å². The number of hydrogen-bond acceptors (Lipinski definition) is 2. The number of likely N-dealkylation sites (tertiary alicyclic amines) is 1. The average Bonchev–Trinajstić information content (AvgIpc) is 2.77. The first-order valence-electron chi connectivity index (χ1n) is 9.56. The third-order valence-electron chi connectivity index (χ3n) is 5.72. The summed E-state index contributed by atoms with van der Waals surface area (Å²) in [5.41, 5.74) is 0.564. The highest BCUT2D eigenvalue weighted by molar-refractivity contribution is 4.89. The molecule has 1 saturated carbocycles. The summed E-state index contributed by atoms with van der Waals surface area (Å²) in [6, 6.07) is 0. The average molecular weight is 295 g/mol. The molecule has 1 aliphatic heterocycles. The predicted octanol–water partition coefficient (Wildman–Crippen LogP) is 4.30. The van der Waals surface area contributed by atoms with Crippen LogP contribution in [-0.2, 0) is 0 Å². The van der Waals surface area contributed by atoms with Crippen molar-refractivity contribution < 1.29 is 0 Å². The monoisotopic (exact) mass is 294 g/mol. The van der Waals surface area contributed by atoms with Crippen LogP contribution in [0.5, 0.6) is 0 Å². The maximum atomic E-state index is 3.80. The largest absolute Gasteiger partial charge is 0.316 e. The van der Waals surface area contributed by atoms with E-state index in [1.165, 1.54) is 84.1 Å². The first-order valence-corrected chi connectivity index (χ1v) is 9.56. The lowest BCUT2D eigenvalue weighted by Crippen LogP contribution is -2.44. The van der Waals surface area contributed by atoms with Crippen LogP contribution in [0.3, 0.4) is 0 Å². The zero-order chi connectivity index (χ0) is 15.1. The van der Waals surface area contributed by atoms with Crippen LogP contribution in [0.1, 0.15) is 72.1 Å². The summed E-state index contributed by atoms with van der Waals surface area (Å²) in [6.45, 7) is 13.5. The van der Waals surface area contributed by atoms with E-state index < -0.39 is 0 Å². The van der Waals surface area contributed by atoms with Crippen molar-refractivity contribution in [1.82, 2.24) is 10.2 Å². The Morgan fingerprint density at radius 2 is 1.86 bits per heavy atom. The fourth-order valence-corrected chi connectivity index (χ4v) is 4.36. The Balaban J connectivity index is 1.90. The highest BCUT2D eigenvalue weighted by Gasteiger charge is 2.34. The molecule has 2 nitrogen and oxygen atoms in total. The minimum Gasteiger partial charge on any atom is -0.316 e. The lowest BCUT2D eigenvalue weighted by molar-refractivity contribution is 0.141. The highest BCUT2D eigenvalue weighted by Crippen LogP contribution is 2.36. The molecule has 1 aliphatic carbocycles. The number of rotatable bonds is 7. The second-order valence-corrected chi connectivity index (χ2v) is 8.24. The topological polar surface area (TPSA) is 15.3 Å². The first kappa shape index (κ1) is 17.3. The summed E-state index contributed by atoms with van der Waals surface area (Å²) in [5.74, 6) is 1.74. The van der Waals surface area contributed by atoms with Gasteiger partial charge in [0.2, 0.25) is 0 Å². The van der Waals surface area contributed by atoms with Crippen molar-refractivity contribution in [2.24, 2.45) is 17.3 Å². The normalized spacial score (nSPS) is 27.1. The van der Waals surface area contributed by atoms with E-state index >= 15 is 0 Å². The second kappa shape index (κ2) is 8.53. The molecule has 1 atom stereocenters. The summed E-state index contributed by atoms with van der Waals surface area (Å²) in [7, 11) is 0. The van der Waals surface area contributed by atoms with Gasteiger partial charge in [0.05, 0.1) is 0 Å². The SMILES string of the molecule is CCC1CCN(CC2(CNCC(C)C)CCCCCC2)C1. The number of hydrogen-bond donors (Lipinski definition) is 1. The van der Waals surface area contributed by atoms with Gasteiger partial charge in [-0.3, -0.25) is 0 Å². The van der Waals surface area contributed by atoms with Gasteiger partial charge in [0.25, 0.3) is 0 Å². The maximum absolute atomic E-state index is 3.80. The van der Waals surface area contributed by atoms with E-state index in [-0.39, 0.29) is 0 Å². The maximum Gasteiger partial charge on any atom is 0.00503 e. The van der Waals surface area contributed by atoms with Crippen LogP contribution in [-0.4, -0.2) is 37.6 Å². The van der Waals surface area contributed by atoms with Crippen LogP contribution in [0.25, 0.3) is 0 Å².